The highest BCUT2D eigenvalue weighted by Gasteiger charge is 2.14. The molecule has 148 valence electrons. The third-order valence-electron chi connectivity index (χ3n) is 4.08. The summed E-state index contributed by atoms with van der Waals surface area (Å²) in [5.41, 5.74) is 1.07. The first-order chi connectivity index (χ1) is 13.4. The first-order valence-corrected chi connectivity index (χ1v) is 10.7. The zero-order valence-electron chi connectivity index (χ0n) is 15.4. The highest BCUT2D eigenvalue weighted by Crippen LogP contribution is 2.14. The minimum atomic E-state index is -3.30. The van der Waals surface area contributed by atoms with Crippen LogP contribution in [0.25, 0.3) is 11.2 Å². The Kier molecular flexibility index (Phi) is 5.90. The maximum absolute atomic E-state index is 12.8. The highest BCUT2D eigenvalue weighted by atomic mass is 35.5. The van der Waals surface area contributed by atoms with Gasteiger partial charge in [-0.25, -0.2) is 18.4 Å². The summed E-state index contributed by atoms with van der Waals surface area (Å²) >= 11 is 5.85. The van der Waals surface area contributed by atoms with Crippen molar-refractivity contribution < 1.29 is 8.42 Å². The van der Waals surface area contributed by atoms with Gasteiger partial charge in [-0.3, -0.25) is 14.3 Å². The summed E-state index contributed by atoms with van der Waals surface area (Å²) < 4.78 is 25.2. The van der Waals surface area contributed by atoms with Crippen LogP contribution in [-0.2, 0) is 22.9 Å². The Balaban J connectivity index is 1.89. The van der Waals surface area contributed by atoms with Crippen LogP contribution in [0.5, 0.6) is 0 Å². The smallest absolute Gasteiger partial charge is 0.294 e. The molecule has 0 saturated carbocycles. The topological polar surface area (TPSA) is 120 Å². The fourth-order valence-corrected chi connectivity index (χ4v) is 3.55. The SMILES string of the molecule is CCCn1c(=O)c(NCc2ccc(S(=O)(=O)CC)cn2)nc2cnc(Cl)nc21. The lowest BCUT2D eigenvalue weighted by atomic mass is 10.3. The number of fused-ring (bicyclic) bond motifs is 1. The maximum Gasteiger partial charge on any atom is 0.294 e. The molecule has 0 atom stereocenters. The fraction of sp³-hybridized carbons (Fsp3) is 0.353. The molecule has 0 spiro atoms. The molecule has 3 aromatic heterocycles. The van der Waals surface area contributed by atoms with Gasteiger partial charge in [-0.2, -0.15) is 4.98 Å². The van der Waals surface area contributed by atoms with E-state index in [1.54, 1.807) is 13.0 Å². The number of nitrogens with one attached hydrogen (secondary N) is 1. The maximum atomic E-state index is 12.8. The number of hydrogen-bond acceptors (Lipinski definition) is 8. The Labute approximate surface area is 166 Å². The molecule has 11 heteroatoms. The summed E-state index contributed by atoms with van der Waals surface area (Å²) in [7, 11) is -3.30. The van der Waals surface area contributed by atoms with Crippen molar-refractivity contribution in [2.75, 3.05) is 11.1 Å². The number of anilines is 1. The summed E-state index contributed by atoms with van der Waals surface area (Å²) in [6.45, 7) is 4.20. The average molecular weight is 423 g/mol. The van der Waals surface area contributed by atoms with E-state index in [9.17, 15) is 13.2 Å². The van der Waals surface area contributed by atoms with E-state index in [0.29, 0.717) is 23.4 Å². The molecule has 0 radical (unpaired) electrons. The summed E-state index contributed by atoms with van der Waals surface area (Å²) in [5, 5.41) is 3.01. The molecule has 9 nitrogen and oxygen atoms in total. The molecule has 0 unspecified atom stereocenters. The minimum absolute atomic E-state index is 0.0103. The third kappa shape index (κ3) is 4.12. The van der Waals surface area contributed by atoms with Gasteiger partial charge in [0, 0.05) is 12.7 Å². The number of rotatable bonds is 7. The van der Waals surface area contributed by atoms with Gasteiger partial charge in [0.2, 0.25) is 5.28 Å². The molecular formula is C17H19ClN6O3S. The molecule has 0 bridgehead atoms. The predicted molar refractivity (Wildman–Crippen MR) is 106 cm³/mol. The van der Waals surface area contributed by atoms with Crippen LogP contribution in [0.15, 0.2) is 34.2 Å². The predicted octanol–water partition coefficient (Wildman–Crippen LogP) is 2.05. The van der Waals surface area contributed by atoms with E-state index in [-0.39, 0.29) is 33.9 Å². The van der Waals surface area contributed by atoms with E-state index in [2.05, 4.69) is 25.3 Å². The van der Waals surface area contributed by atoms with Crippen LogP contribution in [0, 0.1) is 0 Å². The van der Waals surface area contributed by atoms with Gasteiger partial charge in [-0.05, 0) is 30.2 Å². The van der Waals surface area contributed by atoms with Crippen molar-refractivity contribution in [1.29, 1.82) is 0 Å². The Morgan fingerprint density at radius 1 is 1.14 bits per heavy atom. The van der Waals surface area contributed by atoms with Crippen LogP contribution in [-0.4, -0.2) is 38.7 Å². The van der Waals surface area contributed by atoms with Crippen molar-refractivity contribution in [3.8, 4) is 0 Å². The molecule has 0 aliphatic carbocycles. The first kappa shape index (κ1) is 20.2. The van der Waals surface area contributed by atoms with Crippen molar-refractivity contribution >= 4 is 38.4 Å². The van der Waals surface area contributed by atoms with Crippen LogP contribution in [0.4, 0.5) is 5.82 Å². The van der Waals surface area contributed by atoms with Crippen molar-refractivity contribution in [2.45, 2.75) is 38.3 Å². The first-order valence-electron chi connectivity index (χ1n) is 8.70. The molecule has 0 fully saturated rings. The highest BCUT2D eigenvalue weighted by molar-refractivity contribution is 7.91. The van der Waals surface area contributed by atoms with Gasteiger partial charge in [-0.15, -0.1) is 0 Å². The normalized spacial score (nSPS) is 11.7. The van der Waals surface area contributed by atoms with E-state index in [4.69, 9.17) is 11.6 Å². The Hall–Kier alpha value is -2.59. The van der Waals surface area contributed by atoms with Crippen LogP contribution < -0.4 is 10.9 Å². The summed E-state index contributed by atoms with van der Waals surface area (Å²) in [6.07, 6.45) is 3.51. The molecule has 0 aliphatic rings. The number of sulfone groups is 1. The van der Waals surface area contributed by atoms with E-state index >= 15 is 0 Å². The van der Waals surface area contributed by atoms with E-state index in [1.165, 1.54) is 23.0 Å². The van der Waals surface area contributed by atoms with Crippen molar-refractivity contribution in [1.82, 2.24) is 24.5 Å². The second-order valence-electron chi connectivity index (χ2n) is 6.01. The van der Waals surface area contributed by atoms with Gasteiger partial charge < -0.3 is 5.32 Å². The molecular weight excluding hydrogens is 404 g/mol. The van der Waals surface area contributed by atoms with Gasteiger partial charge >= 0.3 is 0 Å². The number of nitrogens with zero attached hydrogens (tertiary/aromatic N) is 5. The average Bonchev–Trinajstić information content (AvgIpc) is 2.69. The quantitative estimate of drug-likeness (QED) is 0.574. The molecule has 28 heavy (non-hydrogen) atoms. The zero-order valence-corrected chi connectivity index (χ0v) is 17.0. The van der Waals surface area contributed by atoms with Gasteiger partial charge in [0.1, 0.15) is 5.52 Å². The lowest BCUT2D eigenvalue weighted by molar-refractivity contribution is 0.596. The molecule has 0 amide bonds. The standard InChI is InChI=1S/C17H19ClN6O3S/c1-3-7-24-15-13(10-21-17(18)23-15)22-14(16(24)25)20-8-11-5-6-12(9-19-11)28(26,27)4-2/h5-6,9-10H,3-4,7-8H2,1-2H3,(H,20,22). The summed E-state index contributed by atoms with van der Waals surface area (Å²) in [6, 6.07) is 3.10. The largest absolute Gasteiger partial charge is 0.360 e. The van der Waals surface area contributed by atoms with E-state index in [0.717, 1.165) is 6.42 Å². The third-order valence-corrected chi connectivity index (χ3v) is 5.98. The Bertz CT molecular complexity index is 1160. The Morgan fingerprint density at radius 3 is 2.57 bits per heavy atom. The molecule has 1 N–H and O–H groups in total. The molecule has 0 aromatic carbocycles. The van der Waals surface area contributed by atoms with Crippen LogP contribution >= 0.6 is 11.6 Å². The van der Waals surface area contributed by atoms with Crippen molar-refractivity contribution in [3.05, 3.63) is 45.9 Å². The number of hydrogen-bond donors (Lipinski definition) is 1. The number of pyridine rings is 1. The number of aryl methyl sites for hydroxylation is 1. The van der Waals surface area contributed by atoms with Gasteiger partial charge in [0.15, 0.2) is 21.3 Å². The van der Waals surface area contributed by atoms with E-state index < -0.39 is 9.84 Å². The molecule has 3 aromatic rings. The number of aromatic nitrogens is 5. The zero-order chi connectivity index (χ0) is 20.3. The number of halogens is 1. The van der Waals surface area contributed by atoms with Crippen LogP contribution in [0.2, 0.25) is 5.28 Å². The van der Waals surface area contributed by atoms with E-state index in [1.807, 2.05) is 6.92 Å². The molecule has 0 saturated heterocycles. The lowest BCUT2D eigenvalue weighted by Crippen LogP contribution is -2.26. The molecule has 3 rings (SSSR count). The Morgan fingerprint density at radius 2 is 1.93 bits per heavy atom. The summed E-state index contributed by atoms with van der Waals surface area (Å²) in [5.74, 6) is 0.148. The minimum Gasteiger partial charge on any atom is -0.360 e. The molecule has 3 heterocycles. The van der Waals surface area contributed by atoms with Gasteiger partial charge in [0.05, 0.1) is 29.1 Å². The monoisotopic (exact) mass is 422 g/mol. The van der Waals surface area contributed by atoms with Gasteiger partial charge in [-0.1, -0.05) is 13.8 Å². The van der Waals surface area contributed by atoms with Crippen LogP contribution in [0.1, 0.15) is 26.0 Å². The van der Waals surface area contributed by atoms with Crippen molar-refractivity contribution in [3.63, 3.8) is 0 Å². The summed E-state index contributed by atoms with van der Waals surface area (Å²) in [4.78, 5) is 29.4. The second kappa shape index (κ2) is 8.19. The molecule has 0 aliphatic heterocycles. The van der Waals surface area contributed by atoms with Gasteiger partial charge in [0.25, 0.3) is 5.56 Å². The lowest BCUT2D eigenvalue weighted by Gasteiger charge is -2.11. The van der Waals surface area contributed by atoms with Crippen LogP contribution in [0.3, 0.4) is 0 Å². The van der Waals surface area contributed by atoms with Crippen molar-refractivity contribution in [2.24, 2.45) is 0 Å². The second-order valence-corrected chi connectivity index (χ2v) is 8.62. The fourth-order valence-electron chi connectivity index (χ4n) is 2.60.